The molecule has 1 aromatic heterocycles. The Morgan fingerprint density at radius 2 is 2.30 bits per heavy atom. The highest BCUT2D eigenvalue weighted by Gasteiger charge is 2.21. The standard InChI is InChI=1S/C15H17N3O2/c1-20-15(19)14-10-18(17-16-14)9-12-7-4-6-11-5-2-3-8-13(11)12/h2-3,5,8,10,12H,4,6-7,9H2,1H3. The average Bonchev–Trinajstić information content (AvgIpc) is 2.95. The van der Waals surface area contributed by atoms with Gasteiger partial charge in [0.1, 0.15) is 0 Å². The third kappa shape index (κ3) is 2.43. The highest BCUT2D eigenvalue weighted by Crippen LogP contribution is 2.32. The van der Waals surface area contributed by atoms with Crippen LogP contribution in [0, 0.1) is 0 Å². The van der Waals surface area contributed by atoms with E-state index in [1.807, 2.05) is 0 Å². The van der Waals surface area contributed by atoms with Crippen molar-refractivity contribution < 1.29 is 9.53 Å². The minimum absolute atomic E-state index is 0.261. The van der Waals surface area contributed by atoms with E-state index in [-0.39, 0.29) is 5.69 Å². The molecule has 1 aromatic carbocycles. The van der Waals surface area contributed by atoms with Crippen LogP contribution < -0.4 is 0 Å². The molecule has 0 aliphatic heterocycles. The van der Waals surface area contributed by atoms with Crippen molar-refractivity contribution in [3.05, 3.63) is 47.3 Å². The molecule has 0 saturated heterocycles. The number of nitrogens with zero attached hydrogens (tertiary/aromatic N) is 3. The minimum Gasteiger partial charge on any atom is -0.464 e. The van der Waals surface area contributed by atoms with Crippen LogP contribution in [0.5, 0.6) is 0 Å². The number of aryl methyl sites for hydroxylation is 1. The molecule has 0 radical (unpaired) electrons. The molecular formula is C15H17N3O2. The largest absolute Gasteiger partial charge is 0.464 e. The second-order valence-corrected chi connectivity index (χ2v) is 5.11. The molecule has 5 nitrogen and oxygen atoms in total. The van der Waals surface area contributed by atoms with Crippen LogP contribution in [0.2, 0.25) is 0 Å². The lowest BCUT2D eigenvalue weighted by Gasteiger charge is -2.25. The van der Waals surface area contributed by atoms with Crippen LogP contribution in [0.1, 0.15) is 40.4 Å². The van der Waals surface area contributed by atoms with Gasteiger partial charge < -0.3 is 4.74 Å². The summed E-state index contributed by atoms with van der Waals surface area (Å²) >= 11 is 0. The molecule has 1 heterocycles. The van der Waals surface area contributed by atoms with E-state index in [1.165, 1.54) is 24.7 Å². The molecule has 1 aliphatic rings. The van der Waals surface area contributed by atoms with Crippen LogP contribution in [0.4, 0.5) is 0 Å². The molecule has 1 unspecified atom stereocenters. The molecular weight excluding hydrogens is 254 g/mol. The fourth-order valence-electron chi connectivity index (χ4n) is 2.86. The van der Waals surface area contributed by atoms with Crippen molar-refractivity contribution in [2.24, 2.45) is 0 Å². The van der Waals surface area contributed by atoms with Crippen molar-refractivity contribution in [2.75, 3.05) is 7.11 Å². The number of benzene rings is 1. The summed E-state index contributed by atoms with van der Waals surface area (Å²) in [5.41, 5.74) is 3.09. The summed E-state index contributed by atoms with van der Waals surface area (Å²) in [6, 6.07) is 8.56. The number of esters is 1. The highest BCUT2D eigenvalue weighted by molar-refractivity contribution is 5.86. The molecule has 1 atom stereocenters. The normalized spacial score (nSPS) is 17.6. The van der Waals surface area contributed by atoms with Gasteiger partial charge in [-0.25, -0.2) is 4.79 Å². The van der Waals surface area contributed by atoms with E-state index in [1.54, 1.807) is 10.9 Å². The molecule has 5 heteroatoms. The van der Waals surface area contributed by atoms with Crippen LogP contribution in [-0.2, 0) is 17.7 Å². The summed E-state index contributed by atoms with van der Waals surface area (Å²) in [4.78, 5) is 11.4. The van der Waals surface area contributed by atoms with Gasteiger partial charge in [0, 0.05) is 12.5 Å². The van der Waals surface area contributed by atoms with Crippen molar-refractivity contribution >= 4 is 5.97 Å². The Labute approximate surface area is 117 Å². The van der Waals surface area contributed by atoms with Crippen molar-refractivity contribution in [2.45, 2.75) is 31.7 Å². The van der Waals surface area contributed by atoms with Gasteiger partial charge in [0.15, 0.2) is 5.69 Å². The Bertz CT molecular complexity index is 621. The van der Waals surface area contributed by atoms with Crippen molar-refractivity contribution in [1.29, 1.82) is 0 Å². The Morgan fingerprint density at radius 3 is 3.15 bits per heavy atom. The van der Waals surface area contributed by atoms with Gasteiger partial charge in [-0.05, 0) is 30.4 Å². The molecule has 1 aliphatic carbocycles. The predicted octanol–water partition coefficient (Wildman–Crippen LogP) is 2.18. The Kier molecular flexibility index (Phi) is 3.50. The smallest absolute Gasteiger partial charge is 0.360 e. The molecule has 104 valence electrons. The molecule has 0 bridgehead atoms. The number of carbonyl (C=O) groups excluding carboxylic acids is 1. The average molecular weight is 271 g/mol. The van der Waals surface area contributed by atoms with E-state index in [2.05, 4.69) is 39.3 Å². The molecule has 3 rings (SSSR count). The maximum absolute atomic E-state index is 11.4. The Balaban J connectivity index is 1.79. The number of hydrogen-bond donors (Lipinski definition) is 0. The number of fused-ring (bicyclic) bond motifs is 1. The van der Waals surface area contributed by atoms with Crippen LogP contribution in [0.25, 0.3) is 0 Å². The molecule has 0 fully saturated rings. The number of aromatic nitrogens is 3. The van der Waals surface area contributed by atoms with Gasteiger partial charge in [-0.1, -0.05) is 29.5 Å². The van der Waals surface area contributed by atoms with E-state index in [0.29, 0.717) is 5.92 Å². The van der Waals surface area contributed by atoms with Gasteiger partial charge >= 0.3 is 5.97 Å². The van der Waals surface area contributed by atoms with E-state index < -0.39 is 5.97 Å². The van der Waals surface area contributed by atoms with Crippen LogP contribution in [0.3, 0.4) is 0 Å². The lowest BCUT2D eigenvalue weighted by atomic mass is 9.83. The summed E-state index contributed by atoms with van der Waals surface area (Å²) in [7, 11) is 1.35. The summed E-state index contributed by atoms with van der Waals surface area (Å²) < 4.78 is 6.38. The fourth-order valence-corrected chi connectivity index (χ4v) is 2.86. The van der Waals surface area contributed by atoms with Gasteiger partial charge in [0.2, 0.25) is 0 Å². The maximum Gasteiger partial charge on any atom is 0.360 e. The molecule has 2 aromatic rings. The summed E-state index contributed by atoms with van der Waals surface area (Å²) in [6.07, 6.45) is 5.14. The molecule has 20 heavy (non-hydrogen) atoms. The van der Waals surface area contributed by atoms with Crippen LogP contribution >= 0.6 is 0 Å². The highest BCUT2D eigenvalue weighted by atomic mass is 16.5. The Hall–Kier alpha value is -2.17. The van der Waals surface area contributed by atoms with E-state index in [0.717, 1.165) is 19.4 Å². The summed E-state index contributed by atoms with van der Waals surface area (Å²) in [5, 5.41) is 7.86. The number of hydrogen-bond acceptors (Lipinski definition) is 4. The predicted molar refractivity (Wildman–Crippen MR) is 73.5 cm³/mol. The monoisotopic (exact) mass is 271 g/mol. The van der Waals surface area contributed by atoms with Gasteiger partial charge in [-0.3, -0.25) is 4.68 Å². The lowest BCUT2D eigenvalue weighted by molar-refractivity contribution is 0.0594. The number of rotatable bonds is 3. The SMILES string of the molecule is COC(=O)c1cn(CC2CCCc3ccccc32)nn1. The van der Waals surface area contributed by atoms with Gasteiger partial charge in [-0.15, -0.1) is 5.10 Å². The maximum atomic E-state index is 11.4. The molecule has 0 amide bonds. The quantitative estimate of drug-likeness (QED) is 0.803. The zero-order valence-corrected chi connectivity index (χ0v) is 11.5. The van der Waals surface area contributed by atoms with E-state index in [4.69, 9.17) is 0 Å². The second kappa shape index (κ2) is 5.45. The third-order valence-corrected chi connectivity index (χ3v) is 3.83. The molecule has 0 N–H and O–H groups in total. The summed E-state index contributed by atoms with van der Waals surface area (Å²) in [6.45, 7) is 0.751. The molecule has 0 saturated carbocycles. The van der Waals surface area contributed by atoms with Crippen LogP contribution in [-0.4, -0.2) is 28.1 Å². The van der Waals surface area contributed by atoms with Gasteiger partial charge in [0.05, 0.1) is 13.3 Å². The van der Waals surface area contributed by atoms with Crippen molar-refractivity contribution in [3.63, 3.8) is 0 Å². The first-order chi connectivity index (χ1) is 9.78. The first-order valence-corrected chi connectivity index (χ1v) is 6.84. The van der Waals surface area contributed by atoms with Gasteiger partial charge in [-0.2, -0.15) is 0 Å². The minimum atomic E-state index is -0.444. The zero-order valence-electron chi connectivity index (χ0n) is 11.5. The lowest BCUT2D eigenvalue weighted by Crippen LogP contribution is -2.16. The molecule has 0 spiro atoms. The zero-order chi connectivity index (χ0) is 13.9. The summed E-state index contributed by atoms with van der Waals surface area (Å²) in [5.74, 6) is -0.00700. The Morgan fingerprint density at radius 1 is 1.45 bits per heavy atom. The first-order valence-electron chi connectivity index (χ1n) is 6.84. The fraction of sp³-hybridized carbons (Fsp3) is 0.400. The third-order valence-electron chi connectivity index (χ3n) is 3.83. The number of ether oxygens (including phenoxy) is 1. The topological polar surface area (TPSA) is 57.0 Å². The second-order valence-electron chi connectivity index (χ2n) is 5.11. The van der Waals surface area contributed by atoms with Crippen LogP contribution in [0.15, 0.2) is 30.5 Å². The first kappa shape index (κ1) is 12.8. The van der Waals surface area contributed by atoms with E-state index >= 15 is 0 Å². The van der Waals surface area contributed by atoms with E-state index in [9.17, 15) is 4.79 Å². The van der Waals surface area contributed by atoms with Gasteiger partial charge in [0.25, 0.3) is 0 Å². The van der Waals surface area contributed by atoms with Crippen molar-refractivity contribution in [3.8, 4) is 0 Å². The number of carbonyl (C=O) groups is 1. The van der Waals surface area contributed by atoms with Crippen molar-refractivity contribution in [1.82, 2.24) is 15.0 Å². The number of methoxy groups -OCH3 is 1.